The van der Waals surface area contributed by atoms with Gasteiger partial charge in [0.25, 0.3) is 0 Å². The van der Waals surface area contributed by atoms with Gasteiger partial charge < -0.3 is 14.6 Å². The fourth-order valence-corrected chi connectivity index (χ4v) is 2.06. The van der Waals surface area contributed by atoms with Gasteiger partial charge in [0, 0.05) is 0 Å². The van der Waals surface area contributed by atoms with Gasteiger partial charge in [-0.25, -0.2) is 0 Å². The van der Waals surface area contributed by atoms with Crippen LogP contribution < -0.4 is 9.47 Å². The van der Waals surface area contributed by atoms with Crippen molar-refractivity contribution < 1.29 is 49.7 Å². The summed E-state index contributed by atoms with van der Waals surface area (Å²) in [5.41, 5.74) is 1.09. The van der Waals surface area contributed by atoms with Crippen LogP contribution in [0.25, 0.3) is 11.1 Å². The third-order valence-electron chi connectivity index (χ3n) is 3.46. The first-order chi connectivity index (χ1) is 12.8. The van der Waals surface area contributed by atoms with Crippen LogP contribution >= 0.6 is 0 Å². The first-order valence-corrected chi connectivity index (χ1v) is 7.50. The minimum absolute atomic E-state index is 0.171. The van der Waals surface area contributed by atoms with Crippen molar-refractivity contribution in [2.24, 2.45) is 0 Å². The fourth-order valence-electron chi connectivity index (χ4n) is 2.06. The van der Waals surface area contributed by atoms with E-state index in [9.17, 15) is 35.1 Å². The molecule has 0 aliphatic rings. The molecule has 154 valence electrons. The molecule has 2 aromatic carbocycles. The highest BCUT2D eigenvalue weighted by atomic mass is 19.4. The summed E-state index contributed by atoms with van der Waals surface area (Å²) in [7, 11) is 0. The van der Waals surface area contributed by atoms with Gasteiger partial charge in [-0.2, -0.15) is 22.0 Å². The number of ether oxygens (including phenoxy) is 2. The van der Waals surface area contributed by atoms with E-state index in [4.69, 9.17) is 5.11 Å². The maximum Gasteiger partial charge on any atom is 0.573 e. The molecule has 3 nitrogen and oxygen atoms in total. The minimum Gasteiger partial charge on any atom is -0.483 e. The van der Waals surface area contributed by atoms with E-state index in [-0.39, 0.29) is 12.2 Å². The Morgan fingerprint density at radius 2 is 1.32 bits per heavy atom. The number of halogens is 8. The van der Waals surface area contributed by atoms with Crippen LogP contribution in [0.2, 0.25) is 0 Å². The third kappa shape index (κ3) is 5.47. The molecule has 0 saturated heterocycles. The van der Waals surface area contributed by atoms with Crippen molar-refractivity contribution in [2.75, 3.05) is 6.61 Å². The van der Waals surface area contributed by atoms with E-state index in [2.05, 4.69) is 9.47 Å². The Hall–Kier alpha value is -2.56. The summed E-state index contributed by atoms with van der Waals surface area (Å²) in [6.45, 7) is -2.49. The van der Waals surface area contributed by atoms with Gasteiger partial charge in [-0.05, 0) is 28.8 Å². The summed E-state index contributed by atoms with van der Waals surface area (Å²) >= 11 is 0. The average molecular weight is 416 g/mol. The van der Waals surface area contributed by atoms with Gasteiger partial charge in [-0.15, -0.1) is 13.2 Å². The van der Waals surface area contributed by atoms with Crippen molar-refractivity contribution in [3.63, 3.8) is 0 Å². The number of alkyl halides is 8. The van der Waals surface area contributed by atoms with Crippen molar-refractivity contribution in [3.05, 3.63) is 48.0 Å². The molecule has 0 atom stereocenters. The van der Waals surface area contributed by atoms with Crippen LogP contribution in [0.4, 0.5) is 35.1 Å². The second-order valence-corrected chi connectivity index (χ2v) is 5.56. The molecule has 0 aliphatic carbocycles. The highest BCUT2D eigenvalue weighted by molar-refractivity contribution is 5.67. The van der Waals surface area contributed by atoms with Crippen LogP contribution in [0.5, 0.6) is 11.5 Å². The second-order valence-electron chi connectivity index (χ2n) is 5.56. The molecular formula is C17H12F8O3. The van der Waals surface area contributed by atoms with Crippen LogP contribution in [0.15, 0.2) is 42.5 Å². The lowest BCUT2D eigenvalue weighted by molar-refractivity contribution is -0.291. The monoisotopic (exact) mass is 416 g/mol. The van der Waals surface area contributed by atoms with E-state index in [1.807, 2.05) is 0 Å². The number of aliphatic hydroxyl groups excluding tert-OH is 1. The molecule has 28 heavy (non-hydrogen) atoms. The number of hydrogen-bond acceptors (Lipinski definition) is 3. The summed E-state index contributed by atoms with van der Waals surface area (Å²) in [5.74, 6) is -7.28. The maximum atomic E-state index is 13.1. The molecule has 1 N–H and O–H groups in total. The summed E-state index contributed by atoms with van der Waals surface area (Å²) in [6.07, 6.45) is -11.1. The van der Waals surface area contributed by atoms with Crippen LogP contribution in [0.1, 0.15) is 5.56 Å². The molecule has 0 heterocycles. The van der Waals surface area contributed by atoms with Crippen molar-refractivity contribution in [1.82, 2.24) is 0 Å². The van der Waals surface area contributed by atoms with Gasteiger partial charge in [-0.3, -0.25) is 0 Å². The molecule has 0 bridgehead atoms. The van der Waals surface area contributed by atoms with Crippen LogP contribution in [0, 0.1) is 0 Å². The Morgan fingerprint density at radius 3 is 1.82 bits per heavy atom. The Bertz CT molecular complexity index is 798. The summed E-state index contributed by atoms with van der Waals surface area (Å²) < 4.78 is 108. The third-order valence-corrected chi connectivity index (χ3v) is 3.46. The van der Waals surface area contributed by atoms with Crippen molar-refractivity contribution in [2.45, 2.75) is 25.1 Å². The zero-order valence-electron chi connectivity index (χ0n) is 13.7. The normalized spacial score (nSPS) is 12.8. The predicted octanol–water partition coefficient (Wildman–Crippen LogP) is 5.32. The van der Waals surface area contributed by atoms with E-state index in [1.165, 1.54) is 24.3 Å². The molecule has 0 radical (unpaired) electrons. The molecule has 0 unspecified atom stereocenters. The lowest BCUT2D eigenvalue weighted by atomic mass is 10.0. The van der Waals surface area contributed by atoms with Crippen molar-refractivity contribution in [1.29, 1.82) is 0 Å². The minimum atomic E-state index is -5.93. The molecule has 2 rings (SSSR count). The highest BCUT2D eigenvalue weighted by Gasteiger charge is 2.58. The molecule has 0 aliphatic heterocycles. The Labute approximate surface area is 153 Å². The number of hydrogen-bond donors (Lipinski definition) is 1. The Balaban J connectivity index is 2.37. The average Bonchev–Trinajstić information content (AvgIpc) is 2.59. The van der Waals surface area contributed by atoms with Crippen molar-refractivity contribution in [3.8, 4) is 22.6 Å². The number of aliphatic hydroxyl groups is 1. The van der Waals surface area contributed by atoms with Gasteiger partial charge in [0.15, 0.2) is 18.1 Å². The lowest BCUT2D eigenvalue weighted by Crippen LogP contribution is -2.41. The molecule has 0 fully saturated rings. The SMILES string of the molecule is OCc1ccc(-c2ccc(OC(F)(F)F)c(OCC(F)(F)C(F)(F)F)c2)cc1. The number of rotatable bonds is 6. The molecule has 2 aromatic rings. The van der Waals surface area contributed by atoms with Crippen molar-refractivity contribution >= 4 is 0 Å². The van der Waals surface area contributed by atoms with Gasteiger partial charge in [0.2, 0.25) is 0 Å². The molecule has 0 amide bonds. The summed E-state index contributed by atoms with van der Waals surface area (Å²) in [4.78, 5) is 0. The quantitative estimate of drug-likeness (QED) is 0.648. The topological polar surface area (TPSA) is 38.7 Å². The molecule has 11 heteroatoms. The molecule has 0 aromatic heterocycles. The predicted molar refractivity (Wildman–Crippen MR) is 81.0 cm³/mol. The van der Waals surface area contributed by atoms with E-state index in [0.29, 0.717) is 11.1 Å². The Morgan fingerprint density at radius 1 is 0.750 bits per heavy atom. The lowest BCUT2D eigenvalue weighted by Gasteiger charge is -2.21. The zero-order valence-corrected chi connectivity index (χ0v) is 13.7. The van der Waals surface area contributed by atoms with Crippen LogP contribution in [-0.4, -0.2) is 30.2 Å². The molecule has 0 saturated carbocycles. The molecular weight excluding hydrogens is 404 g/mol. The summed E-state index contributed by atoms with van der Waals surface area (Å²) in [6, 6.07) is 8.66. The highest BCUT2D eigenvalue weighted by Crippen LogP contribution is 2.39. The van der Waals surface area contributed by atoms with E-state index in [1.54, 1.807) is 0 Å². The summed E-state index contributed by atoms with van der Waals surface area (Å²) in [5, 5.41) is 8.99. The second kappa shape index (κ2) is 7.82. The van der Waals surface area contributed by atoms with Gasteiger partial charge in [0.05, 0.1) is 6.61 Å². The first-order valence-electron chi connectivity index (χ1n) is 7.50. The maximum absolute atomic E-state index is 13.1. The van der Waals surface area contributed by atoms with E-state index < -0.39 is 36.6 Å². The standard InChI is InChI=1S/C17H12F8O3/c18-15(19,16(20,21)22)9-27-14-7-12(5-6-13(14)28-17(23,24)25)11-3-1-10(8-26)2-4-11/h1-7,26H,8-9H2. The van der Waals surface area contributed by atoms with Gasteiger partial charge in [-0.1, -0.05) is 30.3 Å². The van der Waals surface area contributed by atoms with E-state index in [0.717, 1.165) is 18.2 Å². The fraction of sp³-hybridized carbons (Fsp3) is 0.294. The molecule has 0 spiro atoms. The first kappa shape index (κ1) is 21.7. The Kier molecular flexibility index (Phi) is 6.07. The largest absolute Gasteiger partial charge is 0.573 e. The van der Waals surface area contributed by atoms with Crippen LogP contribution in [-0.2, 0) is 6.61 Å². The van der Waals surface area contributed by atoms with Crippen LogP contribution in [0.3, 0.4) is 0 Å². The van der Waals surface area contributed by atoms with E-state index >= 15 is 0 Å². The van der Waals surface area contributed by atoms with Gasteiger partial charge in [0.1, 0.15) is 0 Å². The smallest absolute Gasteiger partial charge is 0.483 e. The van der Waals surface area contributed by atoms with Gasteiger partial charge >= 0.3 is 18.5 Å². The zero-order chi connectivity index (χ0) is 21.2. The number of benzene rings is 2.